The second kappa shape index (κ2) is 23.3. The third-order valence-electron chi connectivity index (χ3n) is 15.9. The van der Waals surface area contributed by atoms with Crippen LogP contribution < -0.4 is 21.7 Å². The normalized spacial score (nSPS) is 21.5. The van der Waals surface area contributed by atoms with Crippen LogP contribution in [0.5, 0.6) is 0 Å². The third-order valence-corrected chi connectivity index (χ3v) is 15.9. The predicted molar refractivity (Wildman–Crippen MR) is 294 cm³/mol. The van der Waals surface area contributed by atoms with E-state index in [1.807, 2.05) is 114 Å². The Hall–Kier alpha value is -6.33. The number of hydrogen-bond donors (Lipinski definition) is 4. The summed E-state index contributed by atoms with van der Waals surface area (Å²) in [6.07, 6.45) is 3.00. The first kappa shape index (κ1) is 58.4. The Balaban J connectivity index is 1.19. The molecule has 2 heterocycles. The van der Waals surface area contributed by atoms with Gasteiger partial charge in [0.05, 0.1) is 30.1 Å². The standard InChI is InChI=1S/C60H84N8O9/c1-37(65(11)56(75)77-59(8,9)10)50(69)64-49(58(5,6)7)54(73)67-34-42(32-45(67)51(70)63-44-28-20-26-38-21-18-19-27-43(38)44)62-55(74)60(29-30-60)36-68(47(35-76-12)39-22-14-13-15-23-39)52(71)46-31-40-24-16-17-25-41(40)33-66(46)53(72)48(61)57(2,3)4/h13-19,21-25,27,37,42,44-49H,20,26,28-36,61H2,1-12H3,(H,62,74)(H,63,70)(H,64,69). The quantitative estimate of drug-likeness (QED) is 0.124. The van der Waals surface area contributed by atoms with Crippen molar-refractivity contribution in [2.75, 3.05) is 33.9 Å². The van der Waals surface area contributed by atoms with Crippen molar-refractivity contribution < 1.29 is 43.0 Å². The SMILES string of the molecule is COCC(c1ccccc1)N(CC1(C(=O)NC2CC(C(=O)NC3CCCc4ccccc43)N(C(=O)C(NC(=O)C(C)N(C)C(=O)OC(C)(C)C)C(C)(C)C)C2)CC1)C(=O)C1Cc2ccccc2CN1C(=O)C(N)C(C)(C)C. The second-order valence-corrected chi connectivity index (χ2v) is 25.1. The molecule has 17 heteroatoms. The molecule has 17 nitrogen and oxygen atoms in total. The van der Waals surface area contributed by atoms with Crippen LogP contribution in [-0.2, 0) is 57.6 Å². The summed E-state index contributed by atoms with van der Waals surface area (Å²) in [6.45, 7) is 18.2. The van der Waals surface area contributed by atoms with Crippen LogP contribution in [0.2, 0.25) is 0 Å². The van der Waals surface area contributed by atoms with Crippen LogP contribution in [0, 0.1) is 16.2 Å². The first-order valence-electron chi connectivity index (χ1n) is 27.4. The van der Waals surface area contributed by atoms with Gasteiger partial charge >= 0.3 is 6.09 Å². The number of nitrogens with two attached hydrogens (primary N) is 1. The fourth-order valence-electron chi connectivity index (χ4n) is 10.9. The summed E-state index contributed by atoms with van der Waals surface area (Å²) >= 11 is 0. The van der Waals surface area contributed by atoms with Crippen LogP contribution in [-0.4, -0.2) is 137 Å². The molecule has 418 valence electrons. The zero-order valence-corrected chi connectivity index (χ0v) is 47.4. The van der Waals surface area contributed by atoms with E-state index in [1.54, 1.807) is 44.6 Å². The molecule has 0 spiro atoms. The lowest BCUT2D eigenvalue weighted by molar-refractivity contribution is -0.152. The molecule has 8 unspecified atom stereocenters. The minimum atomic E-state index is -1.15. The monoisotopic (exact) mass is 1060 g/mol. The zero-order valence-electron chi connectivity index (χ0n) is 47.4. The molecule has 2 aliphatic carbocycles. The number of likely N-dealkylation sites (N-methyl/N-ethyl adjacent to an activating group) is 1. The van der Waals surface area contributed by atoms with E-state index in [0.29, 0.717) is 19.3 Å². The van der Waals surface area contributed by atoms with Crippen molar-refractivity contribution in [1.29, 1.82) is 0 Å². The maximum atomic E-state index is 15.7. The summed E-state index contributed by atoms with van der Waals surface area (Å²) in [5.41, 5.74) is 8.19. The number of nitrogens with zero attached hydrogens (tertiary/aromatic N) is 4. The van der Waals surface area contributed by atoms with Crippen LogP contribution in [0.4, 0.5) is 4.79 Å². The average Bonchev–Trinajstić information content (AvgIpc) is 4.07. The number of benzene rings is 3. The minimum absolute atomic E-state index is 0.000510. The van der Waals surface area contributed by atoms with E-state index in [-0.39, 0.29) is 68.8 Å². The Morgan fingerprint density at radius 3 is 2.01 bits per heavy atom. The van der Waals surface area contributed by atoms with Crippen LogP contribution in [0.25, 0.3) is 0 Å². The minimum Gasteiger partial charge on any atom is -0.444 e. The first-order chi connectivity index (χ1) is 36.1. The summed E-state index contributed by atoms with van der Waals surface area (Å²) in [5, 5.41) is 9.43. The van der Waals surface area contributed by atoms with Gasteiger partial charge in [0.2, 0.25) is 35.4 Å². The molecule has 3 aromatic carbocycles. The average molecular weight is 1060 g/mol. The zero-order chi connectivity index (χ0) is 56.4. The molecular formula is C60H84N8O9. The molecule has 5 N–H and O–H groups in total. The summed E-state index contributed by atoms with van der Waals surface area (Å²) in [7, 11) is 3.03. The topological polar surface area (TPSA) is 213 Å². The molecule has 0 radical (unpaired) electrons. The maximum Gasteiger partial charge on any atom is 0.410 e. The molecule has 2 fully saturated rings. The molecule has 1 saturated carbocycles. The highest BCUT2D eigenvalue weighted by Crippen LogP contribution is 2.48. The molecule has 3 aromatic rings. The molecule has 2 aliphatic heterocycles. The molecule has 1 saturated heterocycles. The molecule has 4 aliphatic rings. The number of amides is 7. The molecular weight excluding hydrogens is 977 g/mol. The summed E-state index contributed by atoms with van der Waals surface area (Å²) in [6, 6.07) is 18.7. The lowest BCUT2D eigenvalue weighted by Crippen LogP contribution is -2.60. The van der Waals surface area contributed by atoms with Crippen molar-refractivity contribution in [2.45, 2.75) is 175 Å². The number of carbonyl (C=O) groups excluding carboxylic acids is 7. The molecule has 7 amide bonds. The molecule has 0 bridgehead atoms. The van der Waals surface area contributed by atoms with Gasteiger partial charge in [0, 0.05) is 46.3 Å². The van der Waals surface area contributed by atoms with Crippen molar-refractivity contribution in [3.63, 3.8) is 0 Å². The Bertz CT molecular complexity index is 2650. The van der Waals surface area contributed by atoms with Gasteiger partial charge in [0.15, 0.2) is 0 Å². The van der Waals surface area contributed by atoms with E-state index in [4.69, 9.17) is 15.2 Å². The van der Waals surface area contributed by atoms with Crippen LogP contribution in [0.1, 0.15) is 141 Å². The number of methoxy groups -OCH3 is 1. The fraction of sp³-hybridized carbons (Fsp3) is 0.583. The Kier molecular flexibility index (Phi) is 17.7. The van der Waals surface area contributed by atoms with E-state index >= 15 is 14.4 Å². The summed E-state index contributed by atoms with van der Waals surface area (Å²) < 4.78 is 11.4. The van der Waals surface area contributed by atoms with Gasteiger partial charge in [-0.3, -0.25) is 33.7 Å². The molecule has 77 heavy (non-hydrogen) atoms. The Morgan fingerprint density at radius 2 is 1.40 bits per heavy atom. The first-order valence-corrected chi connectivity index (χ1v) is 27.4. The van der Waals surface area contributed by atoms with Gasteiger partial charge in [-0.25, -0.2) is 4.79 Å². The van der Waals surface area contributed by atoms with Crippen molar-refractivity contribution in [3.8, 4) is 0 Å². The second-order valence-electron chi connectivity index (χ2n) is 25.1. The molecule has 0 aromatic heterocycles. The highest BCUT2D eigenvalue weighted by Gasteiger charge is 2.55. The summed E-state index contributed by atoms with van der Waals surface area (Å²) in [4.78, 5) is 108. The lowest BCUT2D eigenvalue weighted by Gasteiger charge is -2.43. The smallest absolute Gasteiger partial charge is 0.410 e. The number of ether oxygens (including phenoxy) is 2. The van der Waals surface area contributed by atoms with E-state index < -0.39 is 82.0 Å². The van der Waals surface area contributed by atoms with E-state index in [0.717, 1.165) is 40.7 Å². The third kappa shape index (κ3) is 13.5. The van der Waals surface area contributed by atoms with Gasteiger partial charge in [-0.05, 0) is 105 Å². The number of carbonyl (C=O) groups is 7. The Labute approximate surface area is 455 Å². The highest BCUT2D eigenvalue weighted by atomic mass is 16.6. The van der Waals surface area contributed by atoms with Crippen molar-refractivity contribution in [1.82, 2.24) is 35.6 Å². The molecule has 8 atom stereocenters. The van der Waals surface area contributed by atoms with Crippen LogP contribution in [0.15, 0.2) is 78.9 Å². The van der Waals surface area contributed by atoms with Crippen LogP contribution >= 0.6 is 0 Å². The van der Waals surface area contributed by atoms with Gasteiger partial charge in [-0.15, -0.1) is 0 Å². The van der Waals surface area contributed by atoms with Gasteiger partial charge < -0.3 is 45.9 Å². The van der Waals surface area contributed by atoms with Crippen molar-refractivity contribution >= 4 is 41.5 Å². The number of aryl methyl sites for hydroxylation is 1. The van der Waals surface area contributed by atoms with Gasteiger partial charge in [-0.2, -0.15) is 0 Å². The van der Waals surface area contributed by atoms with E-state index in [1.165, 1.54) is 16.8 Å². The Morgan fingerprint density at radius 1 is 0.779 bits per heavy atom. The summed E-state index contributed by atoms with van der Waals surface area (Å²) in [5.74, 6) is -2.47. The predicted octanol–water partition coefficient (Wildman–Crippen LogP) is 6.38. The van der Waals surface area contributed by atoms with Crippen molar-refractivity contribution in [2.24, 2.45) is 22.0 Å². The maximum absolute atomic E-state index is 15.7. The lowest BCUT2D eigenvalue weighted by atomic mass is 9.84. The van der Waals surface area contributed by atoms with Gasteiger partial charge in [-0.1, -0.05) is 120 Å². The highest BCUT2D eigenvalue weighted by molar-refractivity contribution is 5.96. The van der Waals surface area contributed by atoms with Gasteiger partial charge in [0.1, 0.15) is 29.8 Å². The number of nitrogens with one attached hydrogen (secondary N) is 3. The van der Waals surface area contributed by atoms with Gasteiger partial charge in [0.25, 0.3) is 0 Å². The van der Waals surface area contributed by atoms with E-state index in [9.17, 15) is 19.2 Å². The number of rotatable bonds is 16. The molecule has 7 rings (SSSR count). The number of likely N-dealkylation sites (tertiary alicyclic amines) is 1. The largest absolute Gasteiger partial charge is 0.444 e. The van der Waals surface area contributed by atoms with E-state index in [2.05, 4.69) is 22.0 Å². The van der Waals surface area contributed by atoms with Crippen molar-refractivity contribution in [3.05, 3.63) is 107 Å². The number of fused-ring (bicyclic) bond motifs is 2. The number of hydrogen-bond acceptors (Lipinski definition) is 10. The van der Waals surface area contributed by atoms with Crippen LogP contribution in [0.3, 0.4) is 0 Å². The fourth-order valence-corrected chi connectivity index (χ4v) is 10.9.